The summed E-state index contributed by atoms with van der Waals surface area (Å²) in [4.78, 5) is 14.3. The highest BCUT2D eigenvalue weighted by Gasteiger charge is 2.42. The van der Waals surface area contributed by atoms with Crippen LogP contribution in [0.25, 0.3) is 0 Å². The van der Waals surface area contributed by atoms with E-state index in [1.54, 1.807) is 0 Å². The number of nitrogens with zero attached hydrogens (tertiary/aromatic N) is 1. The summed E-state index contributed by atoms with van der Waals surface area (Å²) < 4.78 is 11.5. The van der Waals surface area contributed by atoms with E-state index in [2.05, 4.69) is 19.2 Å². The van der Waals surface area contributed by atoms with Crippen LogP contribution in [0.4, 0.5) is 0 Å². The minimum Gasteiger partial charge on any atom is -0.348 e. The summed E-state index contributed by atoms with van der Waals surface area (Å²) in [6.07, 6.45) is 4.89. The topological polar surface area (TPSA) is 50.8 Å². The van der Waals surface area contributed by atoms with Gasteiger partial charge in [0.15, 0.2) is 5.79 Å². The Morgan fingerprint density at radius 3 is 2.40 bits per heavy atom. The quantitative estimate of drug-likeness (QED) is 0.847. The first-order valence-electron chi connectivity index (χ1n) is 7.94. The smallest absolute Gasteiger partial charge is 0.240 e. The van der Waals surface area contributed by atoms with Crippen molar-refractivity contribution in [3.63, 3.8) is 0 Å². The Balaban J connectivity index is 1.49. The molecular weight excluding hydrogens is 256 g/mol. The van der Waals surface area contributed by atoms with Crippen LogP contribution >= 0.6 is 0 Å². The molecule has 1 amide bonds. The first-order valence-corrected chi connectivity index (χ1v) is 7.94. The molecule has 5 nitrogen and oxygen atoms in total. The van der Waals surface area contributed by atoms with Gasteiger partial charge in [-0.15, -0.1) is 0 Å². The third-order valence-electron chi connectivity index (χ3n) is 4.86. The lowest BCUT2D eigenvalue weighted by molar-refractivity contribution is -0.179. The molecule has 1 aliphatic carbocycles. The molecule has 3 aliphatic rings. The van der Waals surface area contributed by atoms with Gasteiger partial charge in [-0.05, 0) is 33.1 Å². The molecule has 1 saturated carbocycles. The van der Waals surface area contributed by atoms with Gasteiger partial charge in [0.25, 0.3) is 0 Å². The van der Waals surface area contributed by atoms with Gasteiger partial charge >= 0.3 is 0 Å². The second kappa shape index (κ2) is 5.62. The normalized spacial score (nSPS) is 30.9. The zero-order valence-corrected chi connectivity index (χ0v) is 12.6. The molecular formula is C15H26N2O3. The van der Waals surface area contributed by atoms with E-state index in [1.165, 1.54) is 0 Å². The molecule has 2 heterocycles. The first kappa shape index (κ1) is 14.3. The van der Waals surface area contributed by atoms with E-state index in [-0.39, 0.29) is 17.7 Å². The van der Waals surface area contributed by atoms with Gasteiger partial charge in [-0.1, -0.05) is 0 Å². The maximum atomic E-state index is 12.3. The average Bonchev–Trinajstić information content (AvgIpc) is 3.01. The molecule has 1 N–H and O–H groups in total. The van der Waals surface area contributed by atoms with Crippen molar-refractivity contribution >= 4 is 5.91 Å². The third-order valence-corrected chi connectivity index (χ3v) is 4.86. The lowest BCUT2D eigenvalue weighted by atomic mass is 9.89. The van der Waals surface area contributed by atoms with Crippen molar-refractivity contribution < 1.29 is 14.3 Å². The fraction of sp³-hybridized carbons (Fsp3) is 0.933. The molecule has 2 aliphatic heterocycles. The van der Waals surface area contributed by atoms with Gasteiger partial charge in [0.1, 0.15) is 0 Å². The average molecular weight is 282 g/mol. The maximum absolute atomic E-state index is 12.3. The minimum atomic E-state index is -0.304. The van der Waals surface area contributed by atoms with Crippen LogP contribution in [-0.2, 0) is 14.3 Å². The standard InChI is InChI=1S/C15H26N2O3/c1-11(2)17-8-5-13(14(17)18)16-12-3-6-15(7-4-12)19-9-10-20-15/h11-13,16H,3-10H2,1-2H3/t13-/m0/s1. The zero-order chi connectivity index (χ0) is 14.2. The van der Waals surface area contributed by atoms with E-state index in [9.17, 15) is 4.79 Å². The summed E-state index contributed by atoms with van der Waals surface area (Å²) in [5.41, 5.74) is 0. The number of likely N-dealkylation sites (tertiary alicyclic amines) is 1. The summed E-state index contributed by atoms with van der Waals surface area (Å²) in [5.74, 6) is -0.0318. The van der Waals surface area contributed by atoms with Gasteiger partial charge in [0.2, 0.25) is 5.91 Å². The summed E-state index contributed by atoms with van der Waals surface area (Å²) in [7, 11) is 0. The third kappa shape index (κ3) is 2.71. The van der Waals surface area contributed by atoms with Crippen LogP contribution in [0.3, 0.4) is 0 Å². The zero-order valence-electron chi connectivity index (χ0n) is 12.6. The predicted molar refractivity (Wildman–Crippen MR) is 75.3 cm³/mol. The molecule has 0 unspecified atom stereocenters. The number of nitrogens with one attached hydrogen (secondary N) is 1. The van der Waals surface area contributed by atoms with Gasteiger partial charge in [-0.3, -0.25) is 4.79 Å². The summed E-state index contributed by atoms with van der Waals surface area (Å²) >= 11 is 0. The summed E-state index contributed by atoms with van der Waals surface area (Å²) in [6, 6.07) is 0.751. The second-order valence-corrected chi connectivity index (χ2v) is 6.52. The molecule has 0 aromatic heterocycles. The molecule has 0 bridgehead atoms. The largest absolute Gasteiger partial charge is 0.348 e. The SMILES string of the molecule is CC(C)N1CC[C@H](NC2CCC3(CC2)OCCO3)C1=O. The van der Waals surface area contributed by atoms with Crippen molar-refractivity contribution in [1.82, 2.24) is 10.2 Å². The van der Waals surface area contributed by atoms with Crippen molar-refractivity contribution in [3.05, 3.63) is 0 Å². The van der Waals surface area contributed by atoms with Crippen LogP contribution < -0.4 is 5.32 Å². The Kier molecular flexibility index (Phi) is 4.02. The van der Waals surface area contributed by atoms with Gasteiger partial charge < -0.3 is 19.7 Å². The number of rotatable bonds is 3. The minimum absolute atomic E-state index is 0.0156. The number of hydrogen-bond acceptors (Lipinski definition) is 4. The first-order chi connectivity index (χ1) is 9.60. The molecule has 3 fully saturated rings. The van der Waals surface area contributed by atoms with Crippen LogP contribution in [0.2, 0.25) is 0 Å². The molecule has 1 atom stereocenters. The fourth-order valence-electron chi connectivity index (χ4n) is 3.66. The second-order valence-electron chi connectivity index (χ2n) is 6.52. The Labute approximate surface area is 121 Å². The lowest BCUT2D eigenvalue weighted by Gasteiger charge is -2.36. The Morgan fingerprint density at radius 1 is 1.20 bits per heavy atom. The molecule has 0 aromatic rings. The van der Waals surface area contributed by atoms with Gasteiger partial charge in [-0.25, -0.2) is 0 Å². The van der Waals surface area contributed by atoms with E-state index >= 15 is 0 Å². The monoisotopic (exact) mass is 282 g/mol. The van der Waals surface area contributed by atoms with E-state index in [1.807, 2.05) is 4.90 Å². The summed E-state index contributed by atoms with van der Waals surface area (Å²) in [5, 5.41) is 3.56. The molecule has 0 aromatic carbocycles. The Morgan fingerprint density at radius 2 is 1.85 bits per heavy atom. The number of amides is 1. The van der Waals surface area contributed by atoms with Crippen molar-refractivity contribution in [2.24, 2.45) is 0 Å². The van der Waals surface area contributed by atoms with Crippen LogP contribution in [0.15, 0.2) is 0 Å². The molecule has 3 rings (SSSR count). The molecule has 5 heteroatoms. The van der Waals surface area contributed by atoms with Gasteiger partial charge in [0.05, 0.1) is 19.3 Å². The van der Waals surface area contributed by atoms with Gasteiger partial charge in [-0.2, -0.15) is 0 Å². The van der Waals surface area contributed by atoms with E-state index in [4.69, 9.17) is 9.47 Å². The molecule has 2 saturated heterocycles. The summed E-state index contributed by atoms with van der Waals surface area (Å²) in [6.45, 7) is 6.50. The highest BCUT2D eigenvalue weighted by Crippen LogP contribution is 2.36. The molecule has 20 heavy (non-hydrogen) atoms. The van der Waals surface area contributed by atoms with Crippen LogP contribution in [0.1, 0.15) is 46.0 Å². The predicted octanol–water partition coefficient (Wildman–Crippen LogP) is 1.27. The maximum Gasteiger partial charge on any atom is 0.240 e. The van der Waals surface area contributed by atoms with Crippen molar-refractivity contribution in [1.29, 1.82) is 0 Å². The van der Waals surface area contributed by atoms with E-state index in [0.717, 1.165) is 51.9 Å². The van der Waals surface area contributed by atoms with Gasteiger partial charge in [0, 0.05) is 31.5 Å². The Hall–Kier alpha value is -0.650. The molecule has 114 valence electrons. The Bertz CT molecular complexity index is 356. The fourth-order valence-corrected chi connectivity index (χ4v) is 3.66. The highest BCUT2D eigenvalue weighted by atomic mass is 16.7. The van der Waals surface area contributed by atoms with Crippen molar-refractivity contribution in [2.45, 2.75) is 69.9 Å². The molecule has 0 radical (unpaired) electrons. The van der Waals surface area contributed by atoms with E-state index < -0.39 is 0 Å². The molecule has 1 spiro atoms. The highest BCUT2D eigenvalue weighted by molar-refractivity contribution is 5.84. The van der Waals surface area contributed by atoms with E-state index in [0.29, 0.717) is 12.1 Å². The number of ether oxygens (including phenoxy) is 2. The number of hydrogen-bond donors (Lipinski definition) is 1. The number of carbonyl (C=O) groups excluding carboxylic acids is 1. The van der Waals surface area contributed by atoms with Crippen LogP contribution in [-0.4, -0.2) is 54.5 Å². The number of carbonyl (C=O) groups is 1. The van der Waals surface area contributed by atoms with Crippen LogP contribution in [0.5, 0.6) is 0 Å². The van der Waals surface area contributed by atoms with Crippen molar-refractivity contribution in [2.75, 3.05) is 19.8 Å². The lowest BCUT2D eigenvalue weighted by Crippen LogP contribution is -2.48. The van der Waals surface area contributed by atoms with Crippen molar-refractivity contribution in [3.8, 4) is 0 Å². The van der Waals surface area contributed by atoms with Crippen LogP contribution in [0, 0.1) is 0 Å².